The predicted octanol–water partition coefficient (Wildman–Crippen LogP) is 3.77. The van der Waals surface area contributed by atoms with Crippen molar-refractivity contribution in [1.29, 1.82) is 0 Å². The van der Waals surface area contributed by atoms with Crippen molar-refractivity contribution in [2.45, 2.75) is 79.4 Å². The lowest BCUT2D eigenvalue weighted by Crippen LogP contribution is -2.62. The van der Waals surface area contributed by atoms with Crippen molar-refractivity contribution in [1.82, 2.24) is 10.2 Å². The fraction of sp³-hybridized carbons (Fsp3) is 1.00. The molecular weight excluding hydrogens is 232 g/mol. The first-order chi connectivity index (χ1) is 8.92. The molecule has 1 aliphatic heterocycles. The molecule has 0 bridgehead atoms. The van der Waals surface area contributed by atoms with Crippen molar-refractivity contribution in [3.8, 4) is 0 Å². The molecule has 5 atom stereocenters. The average molecular weight is 268 g/mol. The number of piperazine rings is 1. The van der Waals surface area contributed by atoms with E-state index in [1.165, 1.54) is 19.4 Å². The van der Waals surface area contributed by atoms with E-state index in [-0.39, 0.29) is 0 Å². The van der Waals surface area contributed by atoms with Crippen molar-refractivity contribution in [2.75, 3.05) is 13.1 Å². The Morgan fingerprint density at radius 3 is 2.16 bits per heavy atom. The summed E-state index contributed by atoms with van der Waals surface area (Å²) in [5.41, 5.74) is 0. The summed E-state index contributed by atoms with van der Waals surface area (Å²) in [6.45, 7) is 19.0. The summed E-state index contributed by atoms with van der Waals surface area (Å²) in [5.74, 6) is 2.30. The summed E-state index contributed by atoms with van der Waals surface area (Å²) in [5, 5.41) is 3.80. The molecule has 1 fully saturated rings. The molecule has 114 valence electrons. The van der Waals surface area contributed by atoms with Gasteiger partial charge in [-0.2, -0.15) is 0 Å². The number of rotatable bonds is 6. The highest BCUT2D eigenvalue weighted by atomic mass is 15.3. The van der Waals surface area contributed by atoms with Crippen molar-refractivity contribution in [3.63, 3.8) is 0 Å². The number of hydrogen-bond donors (Lipinski definition) is 1. The second-order valence-corrected chi connectivity index (χ2v) is 7.03. The maximum atomic E-state index is 3.80. The molecule has 1 N–H and O–H groups in total. The lowest BCUT2D eigenvalue weighted by Gasteiger charge is -2.48. The van der Waals surface area contributed by atoms with Gasteiger partial charge in [0.25, 0.3) is 0 Å². The van der Waals surface area contributed by atoms with Gasteiger partial charge in [0.2, 0.25) is 0 Å². The van der Waals surface area contributed by atoms with Crippen LogP contribution in [-0.4, -0.2) is 36.1 Å². The Morgan fingerprint density at radius 1 is 1.05 bits per heavy atom. The van der Waals surface area contributed by atoms with Gasteiger partial charge in [-0.1, -0.05) is 54.4 Å². The molecule has 1 rings (SSSR count). The van der Waals surface area contributed by atoms with E-state index >= 15 is 0 Å². The van der Waals surface area contributed by atoms with E-state index in [1.807, 2.05) is 0 Å². The Balaban J connectivity index is 2.78. The van der Waals surface area contributed by atoms with Crippen LogP contribution in [0.3, 0.4) is 0 Å². The van der Waals surface area contributed by atoms with Gasteiger partial charge < -0.3 is 5.32 Å². The third-order valence-electron chi connectivity index (χ3n) is 5.51. The van der Waals surface area contributed by atoms with E-state index in [0.29, 0.717) is 18.1 Å². The van der Waals surface area contributed by atoms with E-state index in [0.717, 1.165) is 24.3 Å². The lowest BCUT2D eigenvalue weighted by molar-refractivity contribution is 0.0290. The molecular formula is C17H36N2. The molecule has 5 unspecified atom stereocenters. The third kappa shape index (κ3) is 4.19. The highest BCUT2D eigenvalue weighted by Crippen LogP contribution is 2.25. The molecule has 1 saturated heterocycles. The molecule has 1 aliphatic rings. The van der Waals surface area contributed by atoms with Gasteiger partial charge in [-0.15, -0.1) is 0 Å². The summed E-state index contributed by atoms with van der Waals surface area (Å²) >= 11 is 0. The number of nitrogens with one attached hydrogen (secondary N) is 1. The molecule has 1 heterocycles. The molecule has 0 radical (unpaired) electrons. The normalized spacial score (nSPS) is 30.3. The maximum Gasteiger partial charge on any atom is 0.0247 e. The second-order valence-electron chi connectivity index (χ2n) is 7.03. The first-order valence-electron chi connectivity index (χ1n) is 8.41. The van der Waals surface area contributed by atoms with Gasteiger partial charge in [0.15, 0.2) is 0 Å². The van der Waals surface area contributed by atoms with Crippen LogP contribution in [0.15, 0.2) is 0 Å². The molecule has 0 spiro atoms. The van der Waals surface area contributed by atoms with Gasteiger partial charge in [-0.25, -0.2) is 0 Å². The zero-order valence-corrected chi connectivity index (χ0v) is 14.2. The summed E-state index contributed by atoms with van der Waals surface area (Å²) < 4.78 is 0. The van der Waals surface area contributed by atoms with Crippen molar-refractivity contribution >= 4 is 0 Å². The van der Waals surface area contributed by atoms with E-state index in [4.69, 9.17) is 0 Å². The molecule has 0 aromatic rings. The molecule has 19 heavy (non-hydrogen) atoms. The molecule has 0 saturated carbocycles. The van der Waals surface area contributed by atoms with Crippen molar-refractivity contribution in [3.05, 3.63) is 0 Å². The van der Waals surface area contributed by atoms with Crippen LogP contribution in [0.1, 0.15) is 61.3 Å². The van der Waals surface area contributed by atoms with Gasteiger partial charge in [0.05, 0.1) is 0 Å². The van der Waals surface area contributed by atoms with Gasteiger partial charge in [-0.05, 0) is 24.7 Å². The van der Waals surface area contributed by atoms with Crippen LogP contribution in [0.4, 0.5) is 0 Å². The van der Waals surface area contributed by atoms with E-state index in [9.17, 15) is 0 Å². The van der Waals surface area contributed by atoms with Crippen molar-refractivity contribution in [2.24, 2.45) is 17.8 Å². The van der Waals surface area contributed by atoms with E-state index in [1.54, 1.807) is 0 Å². The smallest absolute Gasteiger partial charge is 0.0247 e. The molecule has 0 aliphatic carbocycles. The SMILES string of the molecule is CCC(C)C1CN(C(C)C(C)CC)C(C(C)C)CN1. The largest absolute Gasteiger partial charge is 0.311 e. The Morgan fingerprint density at radius 2 is 1.68 bits per heavy atom. The first kappa shape index (κ1) is 17.0. The highest BCUT2D eigenvalue weighted by Gasteiger charge is 2.35. The fourth-order valence-corrected chi connectivity index (χ4v) is 3.24. The lowest BCUT2D eigenvalue weighted by atomic mass is 9.88. The van der Waals surface area contributed by atoms with Crippen LogP contribution in [-0.2, 0) is 0 Å². The first-order valence-corrected chi connectivity index (χ1v) is 8.41. The molecule has 0 amide bonds. The Labute approximate surface area is 121 Å². The number of hydrogen-bond acceptors (Lipinski definition) is 2. The second kappa shape index (κ2) is 7.64. The third-order valence-corrected chi connectivity index (χ3v) is 5.51. The predicted molar refractivity (Wildman–Crippen MR) is 85.5 cm³/mol. The maximum absolute atomic E-state index is 3.80. The minimum Gasteiger partial charge on any atom is -0.311 e. The fourth-order valence-electron chi connectivity index (χ4n) is 3.24. The van der Waals surface area contributed by atoms with Crippen LogP contribution >= 0.6 is 0 Å². The highest BCUT2D eigenvalue weighted by molar-refractivity contribution is 4.92. The number of nitrogens with zero attached hydrogens (tertiary/aromatic N) is 1. The Kier molecular flexibility index (Phi) is 6.82. The minimum atomic E-state index is 0.673. The van der Waals surface area contributed by atoms with Gasteiger partial charge in [0.1, 0.15) is 0 Å². The Hall–Kier alpha value is -0.0800. The van der Waals surface area contributed by atoms with E-state index in [2.05, 4.69) is 58.7 Å². The van der Waals surface area contributed by atoms with Crippen LogP contribution in [0.5, 0.6) is 0 Å². The Bertz CT molecular complexity index is 252. The zero-order valence-electron chi connectivity index (χ0n) is 14.2. The summed E-state index contributed by atoms with van der Waals surface area (Å²) in [6, 6.07) is 2.07. The van der Waals surface area contributed by atoms with Crippen LogP contribution < -0.4 is 5.32 Å². The van der Waals surface area contributed by atoms with Crippen LogP contribution in [0, 0.1) is 17.8 Å². The minimum absolute atomic E-state index is 0.673. The molecule has 2 heteroatoms. The van der Waals surface area contributed by atoms with Crippen LogP contribution in [0.25, 0.3) is 0 Å². The topological polar surface area (TPSA) is 15.3 Å². The average Bonchev–Trinajstić information content (AvgIpc) is 2.43. The molecule has 0 aromatic heterocycles. The molecule has 0 aromatic carbocycles. The van der Waals surface area contributed by atoms with Crippen LogP contribution in [0.2, 0.25) is 0 Å². The summed E-state index contributed by atoms with van der Waals surface area (Å²) in [7, 11) is 0. The summed E-state index contributed by atoms with van der Waals surface area (Å²) in [6.07, 6.45) is 2.56. The monoisotopic (exact) mass is 268 g/mol. The molecule has 2 nitrogen and oxygen atoms in total. The zero-order chi connectivity index (χ0) is 14.6. The van der Waals surface area contributed by atoms with Gasteiger partial charge in [-0.3, -0.25) is 4.90 Å². The van der Waals surface area contributed by atoms with Gasteiger partial charge >= 0.3 is 0 Å². The van der Waals surface area contributed by atoms with Crippen molar-refractivity contribution < 1.29 is 0 Å². The van der Waals surface area contributed by atoms with E-state index < -0.39 is 0 Å². The van der Waals surface area contributed by atoms with Gasteiger partial charge in [0, 0.05) is 31.2 Å². The quantitative estimate of drug-likeness (QED) is 0.789. The summed E-state index contributed by atoms with van der Waals surface area (Å²) in [4.78, 5) is 2.80. The standard InChI is InChI=1S/C17H36N2/c1-8-13(5)15(7)19-11-16(14(6)9-2)18-10-17(19)12(3)4/h12-18H,8-11H2,1-7H3.